The van der Waals surface area contributed by atoms with E-state index in [1.807, 2.05) is 78.3 Å². The number of aromatic nitrogens is 3. The van der Waals surface area contributed by atoms with Crippen molar-refractivity contribution in [3.8, 4) is 5.75 Å². The van der Waals surface area contributed by atoms with Crippen LogP contribution in [0, 0.1) is 0 Å². The molecule has 0 aliphatic carbocycles. The first-order valence-corrected chi connectivity index (χ1v) is 10.5. The molecule has 0 unspecified atom stereocenters. The Bertz CT molecular complexity index is 1170. The predicted molar refractivity (Wildman–Crippen MR) is 120 cm³/mol. The minimum atomic E-state index is -0.0741. The molecule has 0 atom stereocenters. The topological polar surface area (TPSA) is 69.0 Å². The summed E-state index contributed by atoms with van der Waals surface area (Å²) in [5.41, 5.74) is 1.91. The Morgan fingerprint density at radius 1 is 1.03 bits per heavy atom. The fourth-order valence-corrected chi connectivity index (χ4v) is 3.87. The second-order valence-electron chi connectivity index (χ2n) is 6.88. The molecular formula is C23H22N4O2S. The highest BCUT2D eigenvalue weighted by Crippen LogP contribution is 2.21. The summed E-state index contributed by atoms with van der Waals surface area (Å²) in [6.45, 7) is 0. The maximum atomic E-state index is 12.4. The number of fused-ring (bicyclic) bond motifs is 1. The molecule has 1 heterocycles. The summed E-state index contributed by atoms with van der Waals surface area (Å²) < 4.78 is 7.12. The van der Waals surface area contributed by atoms with Gasteiger partial charge in [-0.25, -0.2) is 0 Å². The Morgan fingerprint density at radius 2 is 1.80 bits per heavy atom. The molecule has 0 spiro atoms. The third-order valence-corrected chi connectivity index (χ3v) is 5.83. The summed E-state index contributed by atoms with van der Waals surface area (Å²) in [4.78, 5) is 12.4. The van der Waals surface area contributed by atoms with Gasteiger partial charge in [0.25, 0.3) is 0 Å². The van der Waals surface area contributed by atoms with Gasteiger partial charge in [-0.05, 0) is 40.6 Å². The summed E-state index contributed by atoms with van der Waals surface area (Å²) in [6, 6.07) is 21.9. The lowest BCUT2D eigenvalue weighted by Crippen LogP contribution is -2.14. The molecule has 1 aromatic heterocycles. The van der Waals surface area contributed by atoms with Crippen LogP contribution in [0.4, 0.5) is 5.69 Å². The summed E-state index contributed by atoms with van der Waals surface area (Å²) in [7, 11) is 3.57. The fourth-order valence-electron chi connectivity index (χ4n) is 3.14. The van der Waals surface area contributed by atoms with Crippen LogP contribution in [0.3, 0.4) is 0 Å². The van der Waals surface area contributed by atoms with E-state index < -0.39 is 0 Å². The van der Waals surface area contributed by atoms with Crippen LogP contribution in [0.5, 0.6) is 5.75 Å². The number of hydrogen-bond acceptors (Lipinski definition) is 5. The lowest BCUT2D eigenvalue weighted by atomic mass is 10.1. The zero-order valence-corrected chi connectivity index (χ0v) is 17.6. The maximum Gasteiger partial charge on any atom is 0.234 e. The molecule has 30 heavy (non-hydrogen) atoms. The van der Waals surface area contributed by atoms with E-state index in [9.17, 15) is 4.79 Å². The number of ether oxygens (including phenoxy) is 1. The lowest BCUT2D eigenvalue weighted by molar-refractivity contribution is -0.113. The average molecular weight is 419 g/mol. The van der Waals surface area contributed by atoms with Crippen LogP contribution < -0.4 is 10.1 Å². The quantitative estimate of drug-likeness (QED) is 0.453. The number of rotatable bonds is 7. The lowest BCUT2D eigenvalue weighted by Gasteiger charge is -2.07. The van der Waals surface area contributed by atoms with Crippen molar-refractivity contribution < 1.29 is 9.53 Å². The summed E-state index contributed by atoms with van der Waals surface area (Å²) in [5, 5.41) is 14.4. The first-order valence-electron chi connectivity index (χ1n) is 9.55. The molecule has 1 N–H and O–H groups in total. The standard InChI is InChI=1S/C23H22N4O2S/c1-27-21(13-16-7-11-20(29-2)12-8-16)25-26-23(27)30-15-22(28)24-19-10-9-17-5-3-4-6-18(17)14-19/h3-12,14H,13,15H2,1-2H3,(H,24,28). The summed E-state index contributed by atoms with van der Waals surface area (Å²) in [5.74, 6) is 1.86. The van der Waals surface area contributed by atoms with Gasteiger partial charge in [0.05, 0.1) is 12.9 Å². The molecule has 0 fully saturated rings. The van der Waals surface area contributed by atoms with E-state index in [1.165, 1.54) is 11.8 Å². The van der Waals surface area contributed by atoms with E-state index in [2.05, 4.69) is 15.5 Å². The van der Waals surface area contributed by atoms with Crippen molar-refractivity contribution in [3.05, 3.63) is 78.1 Å². The van der Waals surface area contributed by atoms with Gasteiger partial charge in [-0.1, -0.05) is 54.2 Å². The number of nitrogens with zero attached hydrogens (tertiary/aromatic N) is 3. The molecule has 0 aliphatic rings. The van der Waals surface area contributed by atoms with Gasteiger partial charge in [0.2, 0.25) is 5.91 Å². The number of hydrogen-bond donors (Lipinski definition) is 1. The fraction of sp³-hybridized carbons (Fsp3) is 0.174. The van der Waals surface area contributed by atoms with Gasteiger partial charge >= 0.3 is 0 Å². The predicted octanol–water partition coefficient (Wildman–Crippen LogP) is 4.30. The van der Waals surface area contributed by atoms with Gasteiger partial charge in [-0.3, -0.25) is 4.79 Å². The molecule has 1 amide bonds. The molecule has 0 aliphatic heterocycles. The van der Waals surface area contributed by atoms with Gasteiger partial charge in [0, 0.05) is 19.2 Å². The van der Waals surface area contributed by atoms with Crippen molar-refractivity contribution in [3.63, 3.8) is 0 Å². The van der Waals surface area contributed by atoms with E-state index in [-0.39, 0.29) is 11.7 Å². The van der Waals surface area contributed by atoms with Gasteiger partial charge in [-0.2, -0.15) is 0 Å². The highest BCUT2D eigenvalue weighted by Gasteiger charge is 2.12. The normalized spacial score (nSPS) is 10.9. The molecule has 0 radical (unpaired) electrons. The van der Waals surface area contributed by atoms with Crippen molar-refractivity contribution in [1.82, 2.24) is 14.8 Å². The Balaban J connectivity index is 1.35. The van der Waals surface area contributed by atoms with E-state index in [1.54, 1.807) is 7.11 Å². The minimum Gasteiger partial charge on any atom is -0.497 e. The highest BCUT2D eigenvalue weighted by molar-refractivity contribution is 7.99. The number of carbonyl (C=O) groups excluding carboxylic acids is 1. The van der Waals surface area contributed by atoms with Crippen molar-refractivity contribution in [2.45, 2.75) is 11.6 Å². The maximum absolute atomic E-state index is 12.4. The molecule has 3 aromatic carbocycles. The Labute approximate surface area is 179 Å². The van der Waals surface area contributed by atoms with Gasteiger partial charge < -0.3 is 14.6 Å². The monoisotopic (exact) mass is 418 g/mol. The Morgan fingerprint density at radius 3 is 2.57 bits per heavy atom. The van der Waals surface area contributed by atoms with E-state index in [4.69, 9.17) is 4.74 Å². The van der Waals surface area contributed by atoms with Crippen molar-refractivity contribution in [2.24, 2.45) is 7.05 Å². The molecule has 7 heteroatoms. The minimum absolute atomic E-state index is 0.0741. The first-order chi connectivity index (χ1) is 14.6. The number of anilines is 1. The number of nitrogens with one attached hydrogen (secondary N) is 1. The van der Waals surface area contributed by atoms with E-state index in [0.717, 1.165) is 33.6 Å². The second kappa shape index (κ2) is 9.00. The van der Waals surface area contributed by atoms with Crippen molar-refractivity contribution >= 4 is 34.1 Å². The summed E-state index contributed by atoms with van der Waals surface area (Å²) >= 11 is 1.37. The molecule has 0 bridgehead atoms. The Kier molecular flexibility index (Phi) is 5.99. The molecule has 4 rings (SSSR count). The highest BCUT2D eigenvalue weighted by atomic mass is 32.2. The molecule has 0 saturated heterocycles. The zero-order chi connectivity index (χ0) is 20.9. The Hall–Kier alpha value is -3.32. The van der Waals surface area contributed by atoms with E-state index in [0.29, 0.717) is 11.6 Å². The third-order valence-electron chi connectivity index (χ3n) is 4.81. The van der Waals surface area contributed by atoms with Crippen LogP contribution in [0.25, 0.3) is 10.8 Å². The SMILES string of the molecule is COc1ccc(Cc2nnc(SCC(=O)Nc3ccc4ccccc4c3)n2C)cc1. The molecule has 4 aromatic rings. The smallest absolute Gasteiger partial charge is 0.234 e. The van der Waals surface area contributed by atoms with Crippen molar-refractivity contribution in [2.75, 3.05) is 18.2 Å². The summed E-state index contributed by atoms with van der Waals surface area (Å²) in [6.07, 6.45) is 0.664. The van der Waals surface area contributed by atoms with Crippen molar-refractivity contribution in [1.29, 1.82) is 0 Å². The third kappa shape index (κ3) is 4.63. The molecule has 152 valence electrons. The molecular weight excluding hydrogens is 396 g/mol. The number of carbonyl (C=O) groups is 1. The van der Waals surface area contributed by atoms with Gasteiger partial charge in [0.15, 0.2) is 5.16 Å². The van der Waals surface area contributed by atoms with Crippen LogP contribution in [0.15, 0.2) is 71.9 Å². The van der Waals surface area contributed by atoms with Crippen LogP contribution in [0.1, 0.15) is 11.4 Å². The van der Waals surface area contributed by atoms with Crippen LogP contribution in [0.2, 0.25) is 0 Å². The second-order valence-corrected chi connectivity index (χ2v) is 7.82. The number of amides is 1. The number of benzene rings is 3. The van der Waals surface area contributed by atoms with Gasteiger partial charge in [0.1, 0.15) is 11.6 Å². The van der Waals surface area contributed by atoms with Gasteiger partial charge in [-0.15, -0.1) is 10.2 Å². The molecule has 6 nitrogen and oxygen atoms in total. The van der Waals surface area contributed by atoms with E-state index >= 15 is 0 Å². The number of methoxy groups -OCH3 is 1. The van der Waals surface area contributed by atoms with Crippen LogP contribution >= 0.6 is 11.8 Å². The largest absolute Gasteiger partial charge is 0.497 e. The number of thioether (sulfide) groups is 1. The zero-order valence-electron chi connectivity index (χ0n) is 16.8. The average Bonchev–Trinajstić information content (AvgIpc) is 3.12. The first kappa shape index (κ1) is 20.0. The molecule has 0 saturated carbocycles. The van der Waals surface area contributed by atoms with Crippen LogP contribution in [-0.4, -0.2) is 33.5 Å². The van der Waals surface area contributed by atoms with Crippen LogP contribution in [-0.2, 0) is 18.3 Å².